The van der Waals surface area contributed by atoms with E-state index in [-0.39, 0.29) is 24.9 Å². The van der Waals surface area contributed by atoms with E-state index < -0.39 is 12.1 Å². The maximum atomic E-state index is 14.1. The highest BCUT2D eigenvalue weighted by atomic mass is 16.5. The Labute approximate surface area is 232 Å². The summed E-state index contributed by atoms with van der Waals surface area (Å²) in [7, 11) is 6.36. The topological polar surface area (TPSA) is 93.3 Å². The van der Waals surface area contributed by atoms with E-state index in [1.54, 1.807) is 44.3 Å². The number of aromatic nitrogens is 1. The van der Waals surface area contributed by atoms with Gasteiger partial charge in [-0.3, -0.25) is 9.59 Å². The number of para-hydroxylation sites is 1. The average molecular weight is 542 g/mol. The van der Waals surface area contributed by atoms with Gasteiger partial charge in [0.15, 0.2) is 11.5 Å². The van der Waals surface area contributed by atoms with Crippen molar-refractivity contribution in [3.63, 3.8) is 0 Å². The lowest BCUT2D eigenvalue weighted by Gasteiger charge is -2.47. The van der Waals surface area contributed by atoms with Gasteiger partial charge in [0.2, 0.25) is 11.8 Å². The molecular weight excluding hydrogens is 510 g/mol. The van der Waals surface area contributed by atoms with E-state index in [2.05, 4.69) is 11.1 Å². The Bertz CT molecular complexity index is 1610. The van der Waals surface area contributed by atoms with Crippen molar-refractivity contribution in [2.45, 2.75) is 25.0 Å². The van der Waals surface area contributed by atoms with Crippen LogP contribution in [0.25, 0.3) is 10.9 Å². The maximum absolute atomic E-state index is 14.1. The first-order valence-corrected chi connectivity index (χ1v) is 13.1. The monoisotopic (exact) mass is 541 g/mol. The standard InChI is InChI=1S/C31H31N3O6/c1-37-19-10-12-25(38-2)22(14-19)30-29-21(20-7-5-6-8-23(20)32-29)15-24-31(36)33(17-28(35)34(24)30)16-18-9-11-26(39-3)27(13-18)40-4/h5-14,24,30,32H,15-17H2,1-4H3/t24-,30-/m0/s1. The number of rotatable bonds is 7. The van der Waals surface area contributed by atoms with Crippen molar-refractivity contribution in [3.05, 3.63) is 83.0 Å². The quantitative estimate of drug-likeness (QED) is 0.379. The molecule has 0 bridgehead atoms. The van der Waals surface area contributed by atoms with Crippen molar-refractivity contribution in [1.29, 1.82) is 0 Å². The van der Waals surface area contributed by atoms with Crippen molar-refractivity contribution >= 4 is 22.7 Å². The zero-order valence-corrected chi connectivity index (χ0v) is 22.9. The van der Waals surface area contributed by atoms with Crippen molar-refractivity contribution in [2.75, 3.05) is 35.0 Å². The maximum Gasteiger partial charge on any atom is 0.246 e. The molecule has 3 aromatic carbocycles. The van der Waals surface area contributed by atoms with Gasteiger partial charge < -0.3 is 33.7 Å². The van der Waals surface area contributed by atoms with Gasteiger partial charge in [-0.15, -0.1) is 0 Å². The normalized spacial score (nSPS) is 18.4. The highest BCUT2D eigenvalue weighted by molar-refractivity contribution is 5.97. The molecule has 206 valence electrons. The molecule has 2 aliphatic heterocycles. The molecule has 0 aliphatic carbocycles. The van der Waals surface area contributed by atoms with Gasteiger partial charge in [0, 0.05) is 35.1 Å². The van der Waals surface area contributed by atoms with Crippen LogP contribution in [0.5, 0.6) is 23.0 Å². The van der Waals surface area contributed by atoms with E-state index in [1.165, 1.54) is 0 Å². The highest BCUT2D eigenvalue weighted by Crippen LogP contribution is 2.46. The van der Waals surface area contributed by atoms with Crippen LogP contribution >= 0.6 is 0 Å². The second-order valence-electron chi connectivity index (χ2n) is 9.98. The Morgan fingerprint density at radius 1 is 0.850 bits per heavy atom. The molecule has 9 heteroatoms. The third kappa shape index (κ3) is 4.09. The summed E-state index contributed by atoms with van der Waals surface area (Å²) >= 11 is 0. The fourth-order valence-corrected chi connectivity index (χ4v) is 6.03. The van der Waals surface area contributed by atoms with Crippen molar-refractivity contribution in [3.8, 4) is 23.0 Å². The first-order valence-electron chi connectivity index (χ1n) is 13.1. The van der Waals surface area contributed by atoms with Gasteiger partial charge in [0.05, 0.1) is 28.4 Å². The molecule has 9 nitrogen and oxygen atoms in total. The predicted octanol–water partition coefficient (Wildman–Crippen LogP) is 4.09. The third-order valence-corrected chi connectivity index (χ3v) is 7.90. The van der Waals surface area contributed by atoms with Crippen molar-refractivity contribution in [1.82, 2.24) is 14.8 Å². The van der Waals surface area contributed by atoms with Gasteiger partial charge in [-0.05, 0) is 47.5 Å². The lowest BCUT2D eigenvalue weighted by molar-refractivity contribution is -0.159. The summed E-state index contributed by atoms with van der Waals surface area (Å²) in [6.07, 6.45) is 0.412. The molecular formula is C31H31N3O6. The number of aromatic amines is 1. The molecule has 1 N–H and O–H groups in total. The van der Waals surface area contributed by atoms with Gasteiger partial charge in [-0.25, -0.2) is 0 Å². The molecule has 2 aliphatic rings. The van der Waals surface area contributed by atoms with E-state index in [9.17, 15) is 9.59 Å². The molecule has 0 radical (unpaired) electrons. The fourth-order valence-electron chi connectivity index (χ4n) is 6.03. The number of hydrogen-bond donors (Lipinski definition) is 1. The first-order chi connectivity index (χ1) is 19.5. The summed E-state index contributed by atoms with van der Waals surface area (Å²) in [4.78, 5) is 35.0. The highest BCUT2D eigenvalue weighted by Gasteiger charge is 2.49. The molecule has 1 fully saturated rings. The second-order valence-corrected chi connectivity index (χ2v) is 9.98. The van der Waals surface area contributed by atoms with Crippen LogP contribution in [-0.4, -0.2) is 67.6 Å². The number of ether oxygens (including phenoxy) is 4. The van der Waals surface area contributed by atoms with E-state index in [4.69, 9.17) is 18.9 Å². The fraction of sp³-hybridized carbons (Fsp3) is 0.290. The number of methoxy groups -OCH3 is 4. The van der Waals surface area contributed by atoms with Gasteiger partial charge in [-0.1, -0.05) is 24.3 Å². The van der Waals surface area contributed by atoms with Gasteiger partial charge in [0.25, 0.3) is 0 Å². The van der Waals surface area contributed by atoms with Crippen LogP contribution < -0.4 is 18.9 Å². The van der Waals surface area contributed by atoms with Gasteiger partial charge >= 0.3 is 0 Å². The minimum atomic E-state index is -0.672. The summed E-state index contributed by atoms with van der Waals surface area (Å²) in [5.74, 6) is 2.20. The molecule has 4 aromatic rings. The molecule has 6 rings (SSSR count). The SMILES string of the molecule is COc1ccc(OC)c([C@H]2c3[nH]c4ccccc4c3C[C@H]3C(=O)N(Cc4ccc(OC)c(OC)c4)CC(=O)N23)c1. The number of hydrogen-bond acceptors (Lipinski definition) is 6. The number of piperazine rings is 1. The van der Waals surface area contributed by atoms with Crippen LogP contribution in [0, 0.1) is 0 Å². The number of nitrogens with zero attached hydrogens (tertiary/aromatic N) is 2. The number of H-pyrrole nitrogens is 1. The number of benzene rings is 3. The van der Waals surface area contributed by atoms with E-state index in [0.29, 0.717) is 29.4 Å². The Hall–Kier alpha value is -4.66. The lowest BCUT2D eigenvalue weighted by Crippen LogP contribution is -2.62. The number of carbonyl (C=O) groups is 2. The summed E-state index contributed by atoms with van der Waals surface area (Å²) in [6, 6.07) is 17.9. The van der Waals surface area contributed by atoms with Crippen molar-refractivity contribution < 1.29 is 28.5 Å². The van der Waals surface area contributed by atoms with Crippen LogP contribution in [0.2, 0.25) is 0 Å². The molecule has 0 saturated carbocycles. The minimum Gasteiger partial charge on any atom is -0.497 e. The molecule has 3 heterocycles. The third-order valence-electron chi connectivity index (χ3n) is 7.90. The first kappa shape index (κ1) is 25.6. The molecule has 0 unspecified atom stereocenters. The summed E-state index contributed by atoms with van der Waals surface area (Å²) < 4.78 is 22.1. The molecule has 1 aromatic heterocycles. The molecule has 1 saturated heterocycles. The zero-order valence-electron chi connectivity index (χ0n) is 22.9. The van der Waals surface area contributed by atoms with Crippen LogP contribution in [0.15, 0.2) is 60.7 Å². The Kier molecular flexibility index (Phi) is 6.50. The average Bonchev–Trinajstić information content (AvgIpc) is 3.36. The molecule has 0 spiro atoms. The number of amides is 2. The predicted molar refractivity (Wildman–Crippen MR) is 149 cm³/mol. The minimum absolute atomic E-state index is 0.0397. The van der Waals surface area contributed by atoms with Crippen LogP contribution in [0.1, 0.15) is 28.4 Å². The van der Waals surface area contributed by atoms with Crippen LogP contribution in [0.4, 0.5) is 0 Å². The second kappa shape index (κ2) is 10.1. The van der Waals surface area contributed by atoms with Gasteiger partial charge in [-0.2, -0.15) is 0 Å². The smallest absolute Gasteiger partial charge is 0.246 e. The summed E-state index contributed by atoms with van der Waals surface area (Å²) in [6.45, 7) is 0.241. The number of carbonyl (C=O) groups excluding carboxylic acids is 2. The number of fused-ring (bicyclic) bond motifs is 4. The largest absolute Gasteiger partial charge is 0.497 e. The van der Waals surface area contributed by atoms with Gasteiger partial charge in [0.1, 0.15) is 30.1 Å². The lowest BCUT2D eigenvalue weighted by atomic mass is 9.85. The van der Waals surface area contributed by atoms with Crippen LogP contribution in [0.3, 0.4) is 0 Å². The van der Waals surface area contributed by atoms with Crippen molar-refractivity contribution in [2.24, 2.45) is 0 Å². The van der Waals surface area contributed by atoms with E-state index in [1.807, 2.05) is 48.5 Å². The Balaban J connectivity index is 1.44. The van der Waals surface area contributed by atoms with E-state index >= 15 is 0 Å². The summed E-state index contributed by atoms with van der Waals surface area (Å²) in [5.41, 5.74) is 4.48. The molecule has 40 heavy (non-hydrogen) atoms. The molecule has 2 amide bonds. The van der Waals surface area contributed by atoms with E-state index in [0.717, 1.165) is 33.3 Å². The van der Waals surface area contributed by atoms with Crippen LogP contribution in [-0.2, 0) is 22.6 Å². The Morgan fingerprint density at radius 3 is 2.35 bits per heavy atom. The summed E-state index contributed by atoms with van der Waals surface area (Å²) in [5, 5.41) is 1.04. The molecule has 2 atom stereocenters. The zero-order chi connectivity index (χ0) is 28.0. The Morgan fingerprint density at radius 2 is 1.60 bits per heavy atom. The number of nitrogens with one attached hydrogen (secondary N) is 1.